The van der Waals surface area contributed by atoms with Crippen molar-refractivity contribution in [1.82, 2.24) is 10.2 Å². The third-order valence-corrected chi connectivity index (χ3v) is 3.96. The van der Waals surface area contributed by atoms with E-state index in [1.165, 1.54) is 24.3 Å². The topological polar surface area (TPSA) is 129 Å². The lowest BCUT2D eigenvalue weighted by molar-refractivity contribution is 0.0697. The molecule has 9 heteroatoms. The Kier molecular flexibility index (Phi) is 4.17. The molecule has 0 radical (unpaired) electrons. The summed E-state index contributed by atoms with van der Waals surface area (Å²) < 4.78 is 11.1. The van der Waals surface area contributed by atoms with E-state index in [0.717, 1.165) is 0 Å². The van der Waals surface area contributed by atoms with E-state index in [2.05, 4.69) is 20.4 Å². The Morgan fingerprint density at radius 3 is 2.44 bits per heavy atom. The predicted molar refractivity (Wildman–Crippen MR) is 95.4 cm³/mol. The van der Waals surface area contributed by atoms with Gasteiger partial charge in [0.1, 0.15) is 13.2 Å². The number of hydrogen-bond acceptors (Lipinski definition) is 6. The first-order valence-electron chi connectivity index (χ1n) is 8.07. The van der Waals surface area contributed by atoms with Gasteiger partial charge in [-0.1, -0.05) is 0 Å². The van der Waals surface area contributed by atoms with E-state index < -0.39 is 11.5 Å². The van der Waals surface area contributed by atoms with Crippen molar-refractivity contribution in [1.29, 1.82) is 0 Å². The number of aromatic nitrogens is 2. The number of azo groups is 1. The number of carboxylic acids is 1. The van der Waals surface area contributed by atoms with Gasteiger partial charge in [0.25, 0.3) is 5.56 Å². The Balaban J connectivity index is 1.66. The van der Waals surface area contributed by atoms with E-state index >= 15 is 0 Å². The van der Waals surface area contributed by atoms with Gasteiger partial charge in [-0.05, 0) is 42.5 Å². The molecule has 1 aliphatic heterocycles. The first-order chi connectivity index (χ1) is 13.1. The fourth-order valence-corrected chi connectivity index (χ4v) is 2.63. The largest absolute Gasteiger partial charge is 0.486 e. The van der Waals surface area contributed by atoms with Crippen LogP contribution < -0.4 is 15.0 Å². The summed E-state index contributed by atoms with van der Waals surface area (Å²) in [7, 11) is 0. The third-order valence-electron chi connectivity index (χ3n) is 3.96. The minimum absolute atomic E-state index is 0.106. The molecular weight excluding hydrogens is 352 g/mol. The SMILES string of the molecule is O=C(O)c1ccc(N=Nc2c(-c3ccc4c(c3)OCCO4)[nH][nH]c2=O)cc1. The lowest BCUT2D eigenvalue weighted by Crippen LogP contribution is -2.15. The molecule has 0 atom stereocenters. The second-order valence-corrected chi connectivity index (χ2v) is 5.71. The quantitative estimate of drug-likeness (QED) is 0.610. The number of ether oxygens (including phenoxy) is 2. The van der Waals surface area contributed by atoms with Crippen molar-refractivity contribution in [3.05, 3.63) is 58.4 Å². The zero-order chi connectivity index (χ0) is 18.8. The second-order valence-electron chi connectivity index (χ2n) is 5.71. The fourth-order valence-electron chi connectivity index (χ4n) is 2.63. The number of carbonyl (C=O) groups is 1. The van der Waals surface area contributed by atoms with Gasteiger partial charge in [-0.2, -0.15) is 5.11 Å². The first-order valence-corrected chi connectivity index (χ1v) is 8.07. The van der Waals surface area contributed by atoms with Crippen molar-refractivity contribution in [3.63, 3.8) is 0 Å². The molecule has 1 aliphatic rings. The number of nitrogens with one attached hydrogen (secondary N) is 2. The highest BCUT2D eigenvalue weighted by Crippen LogP contribution is 2.36. The molecule has 2 heterocycles. The molecule has 2 aromatic carbocycles. The molecule has 0 amide bonds. The molecule has 0 bridgehead atoms. The number of hydrogen-bond donors (Lipinski definition) is 3. The van der Waals surface area contributed by atoms with E-state index in [1.54, 1.807) is 18.2 Å². The molecule has 136 valence electrons. The standard InChI is InChI=1S/C18H14N4O5/c23-17-16(21-19-12-4-1-10(2-5-12)18(24)25)15(20-22-17)11-3-6-13-14(9-11)27-8-7-26-13/h1-6,9H,7-8H2,(H,24,25)(H2,20,22,23). The monoisotopic (exact) mass is 366 g/mol. The number of benzene rings is 2. The fraction of sp³-hybridized carbons (Fsp3) is 0.111. The van der Waals surface area contributed by atoms with E-state index in [4.69, 9.17) is 14.6 Å². The molecule has 0 unspecified atom stereocenters. The summed E-state index contributed by atoms with van der Waals surface area (Å²) in [4.78, 5) is 23.0. The van der Waals surface area contributed by atoms with Gasteiger partial charge in [-0.3, -0.25) is 15.0 Å². The molecule has 3 aromatic rings. The van der Waals surface area contributed by atoms with Crippen LogP contribution in [0.15, 0.2) is 57.5 Å². The molecule has 4 rings (SSSR count). The van der Waals surface area contributed by atoms with Gasteiger partial charge in [0.05, 0.1) is 16.9 Å². The molecule has 27 heavy (non-hydrogen) atoms. The van der Waals surface area contributed by atoms with Crippen LogP contribution in [0, 0.1) is 0 Å². The van der Waals surface area contributed by atoms with Crippen LogP contribution in [0.1, 0.15) is 10.4 Å². The Labute approximate surface area is 152 Å². The van der Waals surface area contributed by atoms with Crippen molar-refractivity contribution >= 4 is 17.3 Å². The zero-order valence-electron chi connectivity index (χ0n) is 13.9. The maximum absolute atomic E-state index is 12.1. The number of rotatable bonds is 4. The van der Waals surface area contributed by atoms with Crippen LogP contribution in [0.2, 0.25) is 0 Å². The summed E-state index contributed by atoms with van der Waals surface area (Å²) >= 11 is 0. The average molecular weight is 366 g/mol. The van der Waals surface area contributed by atoms with Gasteiger partial charge in [-0.25, -0.2) is 4.79 Å². The van der Waals surface area contributed by atoms with Crippen molar-refractivity contribution in [3.8, 4) is 22.8 Å². The molecule has 0 aliphatic carbocycles. The molecule has 0 saturated carbocycles. The first kappa shape index (κ1) is 16.6. The molecule has 0 fully saturated rings. The summed E-state index contributed by atoms with van der Waals surface area (Å²) in [6, 6.07) is 11.2. The summed E-state index contributed by atoms with van der Waals surface area (Å²) in [5, 5.41) is 22.2. The highest BCUT2D eigenvalue weighted by Gasteiger charge is 2.16. The summed E-state index contributed by atoms with van der Waals surface area (Å²) in [6.07, 6.45) is 0. The maximum Gasteiger partial charge on any atom is 0.335 e. The smallest absolute Gasteiger partial charge is 0.335 e. The molecule has 0 spiro atoms. The number of H-pyrrole nitrogens is 2. The summed E-state index contributed by atoms with van der Waals surface area (Å²) in [5.41, 5.74) is 1.40. The molecule has 0 saturated heterocycles. The normalized spacial score (nSPS) is 13.0. The van der Waals surface area contributed by atoms with Crippen LogP contribution in [0.5, 0.6) is 11.5 Å². The summed E-state index contributed by atoms with van der Waals surface area (Å²) in [6.45, 7) is 0.951. The molecular formula is C18H14N4O5. The van der Waals surface area contributed by atoms with Crippen molar-refractivity contribution < 1.29 is 19.4 Å². The Morgan fingerprint density at radius 2 is 1.70 bits per heavy atom. The number of nitrogens with zero attached hydrogens (tertiary/aromatic N) is 2. The maximum atomic E-state index is 12.1. The van der Waals surface area contributed by atoms with E-state index in [0.29, 0.717) is 41.7 Å². The van der Waals surface area contributed by atoms with Crippen LogP contribution >= 0.6 is 0 Å². The Morgan fingerprint density at radius 1 is 0.963 bits per heavy atom. The van der Waals surface area contributed by atoms with Gasteiger partial charge in [-0.15, -0.1) is 5.11 Å². The number of aromatic amines is 2. The van der Waals surface area contributed by atoms with Crippen molar-refractivity contribution in [2.24, 2.45) is 10.2 Å². The highest BCUT2D eigenvalue weighted by molar-refractivity contribution is 5.87. The van der Waals surface area contributed by atoms with Crippen LogP contribution in [0.4, 0.5) is 11.4 Å². The second kappa shape index (κ2) is 6.79. The van der Waals surface area contributed by atoms with E-state index in [1.807, 2.05) is 0 Å². The molecule has 1 aromatic heterocycles. The van der Waals surface area contributed by atoms with Gasteiger partial charge in [0, 0.05) is 5.56 Å². The minimum Gasteiger partial charge on any atom is -0.486 e. The summed E-state index contributed by atoms with van der Waals surface area (Å²) in [5.74, 6) is 0.207. The van der Waals surface area contributed by atoms with Crippen LogP contribution in [0.3, 0.4) is 0 Å². The van der Waals surface area contributed by atoms with E-state index in [-0.39, 0.29) is 11.3 Å². The van der Waals surface area contributed by atoms with Crippen LogP contribution in [-0.2, 0) is 0 Å². The van der Waals surface area contributed by atoms with Gasteiger partial charge in [0.15, 0.2) is 17.2 Å². The Hall–Kier alpha value is -3.88. The van der Waals surface area contributed by atoms with Gasteiger partial charge >= 0.3 is 5.97 Å². The van der Waals surface area contributed by atoms with Crippen molar-refractivity contribution in [2.45, 2.75) is 0 Å². The highest BCUT2D eigenvalue weighted by atomic mass is 16.6. The van der Waals surface area contributed by atoms with Crippen LogP contribution in [-0.4, -0.2) is 34.5 Å². The number of aromatic carboxylic acids is 1. The third kappa shape index (κ3) is 3.30. The van der Waals surface area contributed by atoms with Gasteiger partial charge in [0.2, 0.25) is 0 Å². The van der Waals surface area contributed by atoms with Gasteiger partial charge < -0.3 is 14.6 Å². The molecule has 9 nitrogen and oxygen atoms in total. The van der Waals surface area contributed by atoms with Crippen LogP contribution in [0.25, 0.3) is 11.3 Å². The average Bonchev–Trinajstić information content (AvgIpc) is 3.06. The number of fused-ring (bicyclic) bond motifs is 1. The molecule has 3 N–H and O–H groups in total. The zero-order valence-corrected chi connectivity index (χ0v) is 13.9. The minimum atomic E-state index is -1.03. The lowest BCUT2D eigenvalue weighted by atomic mass is 10.1. The predicted octanol–water partition coefficient (Wildman–Crippen LogP) is 3.25. The lowest BCUT2D eigenvalue weighted by Gasteiger charge is -2.18. The number of carboxylic acid groups (broad SMARTS) is 1. The van der Waals surface area contributed by atoms with Crippen molar-refractivity contribution in [2.75, 3.05) is 13.2 Å². The van der Waals surface area contributed by atoms with E-state index in [9.17, 15) is 9.59 Å². The Bertz CT molecular complexity index is 1080.